The van der Waals surface area contributed by atoms with Crippen LogP contribution in [0.4, 0.5) is 16.0 Å². The molecule has 0 aliphatic rings. The highest BCUT2D eigenvalue weighted by Gasteiger charge is 2.14. The lowest BCUT2D eigenvalue weighted by Gasteiger charge is -2.15. The molecule has 0 atom stereocenters. The molecule has 3 N–H and O–H groups in total. The molecule has 7 heteroatoms. The Morgan fingerprint density at radius 1 is 1.07 bits per heavy atom. The number of nitriles is 1. The number of halogens is 1. The average molecular weight is 370 g/mol. The monoisotopic (exact) mass is 370 g/mol. The van der Waals surface area contributed by atoms with Crippen LogP contribution < -0.4 is 11.1 Å². The van der Waals surface area contributed by atoms with Crippen LogP contribution in [-0.2, 0) is 6.54 Å². The molecule has 4 aromatic rings. The van der Waals surface area contributed by atoms with Gasteiger partial charge in [0.2, 0.25) is 0 Å². The molecule has 0 saturated carbocycles. The largest absolute Gasteiger partial charge is 0.382 e. The standard InChI is InChI=1S/C21H15FN6/c22-15-6-7-18-16(8-15)19(13-4-2-1-3-5-13)14(10-25-18)11-26-21-17(9-23)20(24)27-12-28-21/h1-8,10,12H,11H2,(H3,24,26,27,28). The zero-order valence-electron chi connectivity index (χ0n) is 14.7. The third-order valence-corrected chi connectivity index (χ3v) is 4.41. The van der Waals surface area contributed by atoms with Crippen LogP contribution in [0.5, 0.6) is 0 Å². The van der Waals surface area contributed by atoms with E-state index in [1.807, 2.05) is 36.4 Å². The minimum Gasteiger partial charge on any atom is -0.382 e. The predicted molar refractivity (Wildman–Crippen MR) is 106 cm³/mol. The summed E-state index contributed by atoms with van der Waals surface area (Å²) in [4.78, 5) is 12.4. The van der Waals surface area contributed by atoms with Gasteiger partial charge in [-0.25, -0.2) is 14.4 Å². The highest BCUT2D eigenvalue weighted by Crippen LogP contribution is 2.32. The first-order valence-corrected chi connectivity index (χ1v) is 8.54. The van der Waals surface area contributed by atoms with E-state index in [1.54, 1.807) is 12.3 Å². The summed E-state index contributed by atoms with van der Waals surface area (Å²) in [6.45, 7) is 0.328. The molecular formula is C21H15FN6. The fourth-order valence-electron chi connectivity index (χ4n) is 3.11. The molecule has 4 rings (SSSR count). The second-order valence-electron chi connectivity index (χ2n) is 6.13. The molecule has 0 fully saturated rings. The molecule has 0 unspecified atom stereocenters. The van der Waals surface area contributed by atoms with Crippen LogP contribution in [0.2, 0.25) is 0 Å². The van der Waals surface area contributed by atoms with Crippen molar-refractivity contribution in [3.05, 3.63) is 78.0 Å². The SMILES string of the molecule is N#Cc1c(N)ncnc1NCc1cnc2ccc(F)cc2c1-c1ccccc1. The van der Waals surface area contributed by atoms with Crippen LogP contribution >= 0.6 is 0 Å². The lowest BCUT2D eigenvalue weighted by molar-refractivity contribution is 0.629. The van der Waals surface area contributed by atoms with E-state index in [9.17, 15) is 9.65 Å². The number of nitrogens with one attached hydrogen (secondary N) is 1. The Kier molecular flexibility index (Phi) is 4.52. The van der Waals surface area contributed by atoms with Gasteiger partial charge in [-0.15, -0.1) is 0 Å². The zero-order valence-corrected chi connectivity index (χ0v) is 14.7. The van der Waals surface area contributed by atoms with Crippen molar-refractivity contribution in [3.8, 4) is 17.2 Å². The summed E-state index contributed by atoms with van der Waals surface area (Å²) in [7, 11) is 0. The van der Waals surface area contributed by atoms with Crippen LogP contribution in [0.15, 0.2) is 61.1 Å². The summed E-state index contributed by atoms with van der Waals surface area (Å²) in [5.41, 5.74) is 9.29. The lowest BCUT2D eigenvalue weighted by atomic mass is 9.96. The molecule has 0 amide bonds. The number of aromatic nitrogens is 3. The Hall–Kier alpha value is -4.05. The zero-order chi connectivity index (χ0) is 19.5. The van der Waals surface area contributed by atoms with E-state index in [-0.39, 0.29) is 17.2 Å². The molecule has 2 aromatic carbocycles. The number of fused-ring (bicyclic) bond motifs is 1. The maximum absolute atomic E-state index is 13.9. The number of rotatable bonds is 4. The third-order valence-electron chi connectivity index (χ3n) is 4.41. The summed E-state index contributed by atoms with van der Waals surface area (Å²) in [6.07, 6.45) is 3.04. The van der Waals surface area contributed by atoms with Gasteiger partial charge in [0.15, 0.2) is 0 Å². The van der Waals surface area contributed by atoms with Crippen LogP contribution in [0.1, 0.15) is 11.1 Å². The normalized spacial score (nSPS) is 10.6. The van der Waals surface area contributed by atoms with Gasteiger partial charge in [-0.2, -0.15) is 5.26 Å². The maximum Gasteiger partial charge on any atom is 0.149 e. The number of anilines is 2. The smallest absolute Gasteiger partial charge is 0.149 e. The summed E-state index contributed by atoms with van der Waals surface area (Å²) in [5, 5.41) is 13.1. The lowest BCUT2D eigenvalue weighted by Crippen LogP contribution is -2.08. The van der Waals surface area contributed by atoms with Gasteiger partial charge in [0.05, 0.1) is 5.52 Å². The summed E-state index contributed by atoms with van der Waals surface area (Å²) in [6, 6.07) is 16.3. The summed E-state index contributed by atoms with van der Waals surface area (Å²) in [5.74, 6) is 0.127. The van der Waals surface area contributed by atoms with Crippen molar-refractivity contribution in [1.29, 1.82) is 5.26 Å². The first kappa shape index (κ1) is 17.4. The number of benzene rings is 2. The molecule has 0 radical (unpaired) electrons. The number of hydrogen-bond acceptors (Lipinski definition) is 6. The van der Waals surface area contributed by atoms with Gasteiger partial charge in [0.1, 0.15) is 35.4 Å². The Morgan fingerprint density at radius 3 is 2.68 bits per heavy atom. The van der Waals surface area contributed by atoms with E-state index in [0.717, 1.165) is 16.7 Å². The van der Waals surface area contributed by atoms with Gasteiger partial charge in [0, 0.05) is 18.1 Å². The van der Waals surface area contributed by atoms with Crippen molar-refractivity contribution >= 4 is 22.5 Å². The van der Waals surface area contributed by atoms with Gasteiger partial charge in [-0.1, -0.05) is 30.3 Å². The second-order valence-corrected chi connectivity index (χ2v) is 6.13. The molecule has 0 saturated heterocycles. The first-order chi connectivity index (χ1) is 13.7. The van der Waals surface area contributed by atoms with E-state index in [1.165, 1.54) is 18.5 Å². The average Bonchev–Trinajstić information content (AvgIpc) is 2.72. The topological polar surface area (TPSA) is 101 Å². The number of hydrogen-bond donors (Lipinski definition) is 2. The first-order valence-electron chi connectivity index (χ1n) is 8.54. The van der Waals surface area contributed by atoms with Crippen molar-refractivity contribution in [2.24, 2.45) is 0 Å². The molecule has 0 spiro atoms. The fourth-order valence-corrected chi connectivity index (χ4v) is 3.11. The Labute approximate surface area is 160 Å². The quantitative estimate of drug-likeness (QED) is 0.565. The predicted octanol–water partition coefficient (Wildman–Crippen LogP) is 3.90. The van der Waals surface area contributed by atoms with E-state index >= 15 is 0 Å². The molecule has 2 aromatic heterocycles. The number of nitrogens with two attached hydrogens (primary N) is 1. The highest BCUT2D eigenvalue weighted by molar-refractivity contribution is 5.96. The maximum atomic E-state index is 13.9. The van der Waals surface area contributed by atoms with Gasteiger partial charge < -0.3 is 11.1 Å². The number of nitrogen functional groups attached to an aromatic ring is 1. The van der Waals surface area contributed by atoms with Crippen LogP contribution in [-0.4, -0.2) is 15.0 Å². The van der Waals surface area contributed by atoms with E-state index in [4.69, 9.17) is 5.73 Å². The fraction of sp³-hybridized carbons (Fsp3) is 0.0476. The van der Waals surface area contributed by atoms with Crippen molar-refractivity contribution < 1.29 is 4.39 Å². The van der Waals surface area contributed by atoms with E-state index < -0.39 is 0 Å². The van der Waals surface area contributed by atoms with Crippen molar-refractivity contribution in [1.82, 2.24) is 15.0 Å². The minimum absolute atomic E-state index is 0.113. The van der Waals surface area contributed by atoms with Crippen LogP contribution in [0, 0.1) is 17.1 Å². The van der Waals surface area contributed by atoms with Gasteiger partial charge in [0.25, 0.3) is 0 Å². The molecule has 28 heavy (non-hydrogen) atoms. The Morgan fingerprint density at radius 2 is 1.89 bits per heavy atom. The Balaban J connectivity index is 1.82. The van der Waals surface area contributed by atoms with E-state index in [0.29, 0.717) is 23.3 Å². The molecule has 0 bridgehead atoms. The Bertz CT molecular complexity index is 1200. The van der Waals surface area contributed by atoms with Gasteiger partial charge in [-0.05, 0) is 34.9 Å². The second kappa shape index (κ2) is 7.29. The van der Waals surface area contributed by atoms with Crippen LogP contribution in [0.25, 0.3) is 22.0 Å². The van der Waals surface area contributed by atoms with E-state index in [2.05, 4.69) is 20.3 Å². The summed E-state index contributed by atoms with van der Waals surface area (Å²) >= 11 is 0. The highest BCUT2D eigenvalue weighted by atomic mass is 19.1. The molecule has 0 aliphatic carbocycles. The third kappa shape index (κ3) is 3.19. The molecule has 2 heterocycles. The molecule has 0 aliphatic heterocycles. The van der Waals surface area contributed by atoms with Crippen molar-refractivity contribution in [2.75, 3.05) is 11.1 Å². The number of pyridine rings is 1. The molecule has 136 valence electrons. The van der Waals surface area contributed by atoms with Crippen LogP contribution in [0.3, 0.4) is 0 Å². The molecular weight excluding hydrogens is 355 g/mol. The number of nitrogens with zero attached hydrogens (tertiary/aromatic N) is 4. The summed E-state index contributed by atoms with van der Waals surface area (Å²) < 4.78 is 13.9. The van der Waals surface area contributed by atoms with Crippen molar-refractivity contribution in [2.45, 2.75) is 6.54 Å². The molecule has 6 nitrogen and oxygen atoms in total. The van der Waals surface area contributed by atoms with Gasteiger partial charge >= 0.3 is 0 Å². The van der Waals surface area contributed by atoms with Crippen molar-refractivity contribution in [3.63, 3.8) is 0 Å². The van der Waals surface area contributed by atoms with Gasteiger partial charge in [-0.3, -0.25) is 4.98 Å². The minimum atomic E-state index is -0.327.